The molecule has 0 saturated carbocycles. The monoisotopic (exact) mass is 208 g/mol. The van der Waals surface area contributed by atoms with E-state index in [1.165, 1.54) is 5.56 Å². The van der Waals surface area contributed by atoms with Crippen LogP contribution in [-0.2, 0) is 6.54 Å². The lowest BCUT2D eigenvalue weighted by Crippen LogP contribution is -2.28. The summed E-state index contributed by atoms with van der Waals surface area (Å²) in [5.41, 5.74) is 9.11. The number of nitrogens with two attached hydrogens (primary N) is 1. The van der Waals surface area contributed by atoms with E-state index in [4.69, 9.17) is 5.73 Å². The topological polar surface area (TPSA) is 49.5 Å². The number of hydrogen-bond acceptors (Lipinski definition) is 3. The standard InChI is InChI=1S/C12H20N2O/c1-9-4-5-11(7-13)12(6-9)14(3)8-10(2)15/h4-6,10,15H,7-8,13H2,1-3H3. The largest absolute Gasteiger partial charge is 0.392 e. The third kappa shape index (κ3) is 3.22. The zero-order valence-corrected chi connectivity index (χ0v) is 9.70. The Morgan fingerprint density at radius 1 is 1.47 bits per heavy atom. The molecule has 0 heterocycles. The van der Waals surface area contributed by atoms with Crippen molar-refractivity contribution in [3.63, 3.8) is 0 Å². The first-order valence-electron chi connectivity index (χ1n) is 5.23. The lowest BCUT2D eigenvalue weighted by Gasteiger charge is -2.24. The fourth-order valence-electron chi connectivity index (χ4n) is 1.70. The first-order valence-corrected chi connectivity index (χ1v) is 5.23. The zero-order chi connectivity index (χ0) is 11.4. The third-order valence-corrected chi connectivity index (χ3v) is 2.41. The Hall–Kier alpha value is -1.06. The molecule has 3 nitrogen and oxygen atoms in total. The van der Waals surface area contributed by atoms with Gasteiger partial charge in [-0.05, 0) is 31.0 Å². The second-order valence-corrected chi connectivity index (χ2v) is 4.07. The van der Waals surface area contributed by atoms with Crippen LogP contribution in [0.5, 0.6) is 0 Å². The van der Waals surface area contributed by atoms with Gasteiger partial charge in [-0.3, -0.25) is 0 Å². The van der Waals surface area contributed by atoms with Crippen LogP contribution in [0.15, 0.2) is 18.2 Å². The van der Waals surface area contributed by atoms with Crippen LogP contribution in [0.2, 0.25) is 0 Å². The van der Waals surface area contributed by atoms with Gasteiger partial charge in [0.05, 0.1) is 6.10 Å². The minimum atomic E-state index is -0.332. The van der Waals surface area contributed by atoms with E-state index in [-0.39, 0.29) is 6.10 Å². The Bertz CT molecular complexity index is 323. The minimum Gasteiger partial charge on any atom is -0.392 e. The smallest absolute Gasteiger partial charge is 0.0686 e. The van der Waals surface area contributed by atoms with Crippen LogP contribution in [0.1, 0.15) is 18.1 Å². The van der Waals surface area contributed by atoms with Crippen molar-refractivity contribution in [2.75, 3.05) is 18.5 Å². The van der Waals surface area contributed by atoms with Crippen molar-refractivity contribution in [3.05, 3.63) is 29.3 Å². The zero-order valence-electron chi connectivity index (χ0n) is 9.70. The van der Waals surface area contributed by atoms with E-state index in [9.17, 15) is 5.11 Å². The van der Waals surface area contributed by atoms with Crippen molar-refractivity contribution >= 4 is 5.69 Å². The van der Waals surface area contributed by atoms with Crippen molar-refractivity contribution in [1.82, 2.24) is 0 Å². The lowest BCUT2D eigenvalue weighted by atomic mass is 10.1. The van der Waals surface area contributed by atoms with Gasteiger partial charge < -0.3 is 15.7 Å². The molecule has 1 rings (SSSR count). The average molecular weight is 208 g/mol. The van der Waals surface area contributed by atoms with Crippen LogP contribution in [0.3, 0.4) is 0 Å². The molecule has 0 aromatic heterocycles. The van der Waals surface area contributed by atoms with E-state index >= 15 is 0 Å². The number of likely N-dealkylation sites (N-methyl/N-ethyl adjacent to an activating group) is 1. The first-order chi connectivity index (χ1) is 7.04. The van der Waals surface area contributed by atoms with Gasteiger partial charge in [0.2, 0.25) is 0 Å². The highest BCUT2D eigenvalue weighted by Crippen LogP contribution is 2.20. The van der Waals surface area contributed by atoms with Crippen LogP contribution in [0.4, 0.5) is 5.69 Å². The van der Waals surface area contributed by atoms with Gasteiger partial charge in [0, 0.05) is 25.8 Å². The summed E-state index contributed by atoms with van der Waals surface area (Å²) in [4.78, 5) is 2.04. The quantitative estimate of drug-likeness (QED) is 0.783. The number of nitrogens with zero attached hydrogens (tertiary/aromatic N) is 1. The van der Waals surface area contributed by atoms with E-state index in [2.05, 4.69) is 19.1 Å². The van der Waals surface area contributed by atoms with Crippen LogP contribution < -0.4 is 10.6 Å². The number of aryl methyl sites for hydroxylation is 1. The van der Waals surface area contributed by atoms with E-state index in [1.807, 2.05) is 18.0 Å². The number of rotatable bonds is 4. The highest BCUT2D eigenvalue weighted by Gasteiger charge is 2.08. The molecule has 0 aliphatic rings. The van der Waals surface area contributed by atoms with Gasteiger partial charge in [-0.15, -0.1) is 0 Å². The summed E-state index contributed by atoms with van der Waals surface area (Å²) in [7, 11) is 1.97. The van der Waals surface area contributed by atoms with E-state index < -0.39 is 0 Å². The normalized spacial score (nSPS) is 12.6. The molecule has 3 N–H and O–H groups in total. The number of aliphatic hydroxyl groups is 1. The SMILES string of the molecule is Cc1ccc(CN)c(N(C)CC(C)O)c1. The van der Waals surface area contributed by atoms with Crippen molar-refractivity contribution < 1.29 is 5.11 Å². The van der Waals surface area contributed by atoms with Crippen LogP contribution in [0.25, 0.3) is 0 Å². The molecule has 1 atom stereocenters. The third-order valence-electron chi connectivity index (χ3n) is 2.41. The van der Waals surface area contributed by atoms with Gasteiger partial charge >= 0.3 is 0 Å². The Morgan fingerprint density at radius 2 is 2.13 bits per heavy atom. The molecule has 1 unspecified atom stereocenters. The van der Waals surface area contributed by atoms with Gasteiger partial charge in [0.1, 0.15) is 0 Å². The van der Waals surface area contributed by atoms with Gasteiger partial charge in [-0.25, -0.2) is 0 Å². The van der Waals surface area contributed by atoms with Gasteiger partial charge in [0.15, 0.2) is 0 Å². The second-order valence-electron chi connectivity index (χ2n) is 4.07. The van der Waals surface area contributed by atoms with Gasteiger partial charge in [-0.2, -0.15) is 0 Å². The van der Waals surface area contributed by atoms with Crippen molar-refractivity contribution in [2.24, 2.45) is 5.73 Å². The molecule has 0 amide bonds. The molecule has 3 heteroatoms. The summed E-state index contributed by atoms with van der Waals surface area (Å²) >= 11 is 0. The van der Waals surface area contributed by atoms with Crippen LogP contribution in [0, 0.1) is 6.92 Å². The molecule has 0 fully saturated rings. The molecule has 0 aliphatic carbocycles. The molecule has 1 aromatic carbocycles. The predicted octanol–water partition coefficient (Wildman–Crippen LogP) is 1.27. The van der Waals surface area contributed by atoms with Crippen LogP contribution in [-0.4, -0.2) is 24.8 Å². The maximum Gasteiger partial charge on any atom is 0.0686 e. The highest BCUT2D eigenvalue weighted by molar-refractivity contribution is 5.55. The summed E-state index contributed by atoms with van der Waals surface area (Å²) in [5, 5.41) is 9.34. The maximum absolute atomic E-state index is 9.34. The Balaban J connectivity index is 2.94. The average Bonchev–Trinajstić information content (AvgIpc) is 2.16. The Labute approximate surface area is 91.5 Å². The summed E-state index contributed by atoms with van der Waals surface area (Å²) in [6, 6.07) is 6.20. The van der Waals surface area contributed by atoms with Crippen LogP contribution >= 0.6 is 0 Å². The van der Waals surface area contributed by atoms with Crippen molar-refractivity contribution in [1.29, 1.82) is 0 Å². The van der Waals surface area contributed by atoms with Crippen molar-refractivity contribution in [3.8, 4) is 0 Å². The Kier molecular flexibility index (Phi) is 4.12. The molecule has 0 bridgehead atoms. The lowest BCUT2D eigenvalue weighted by molar-refractivity contribution is 0.201. The summed E-state index contributed by atoms with van der Waals surface area (Å²) < 4.78 is 0. The fraction of sp³-hybridized carbons (Fsp3) is 0.500. The molecular formula is C12H20N2O. The number of hydrogen-bond donors (Lipinski definition) is 2. The van der Waals surface area contributed by atoms with Crippen molar-refractivity contribution in [2.45, 2.75) is 26.5 Å². The molecule has 15 heavy (non-hydrogen) atoms. The van der Waals surface area contributed by atoms with E-state index in [1.54, 1.807) is 6.92 Å². The molecular weight excluding hydrogens is 188 g/mol. The second kappa shape index (κ2) is 5.14. The summed E-state index contributed by atoms with van der Waals surface area (Å²) in [5.74, 6) is 0. The number of aliphatic hydroxyl groups excluding tert-OH is 1. The maximum atomic E-state index is 9.34. The first kappa shape index (κ1) is 12.0. The minimum absolute atomic E-state index is 0.332. The summed E-state index contributed by atoms with van der Waals surface area (Å²) in [6.07, 6.45) is -0.332. The summed E-state index contributed by atoms with van der Waals surface area (Å²) in [6.45, 7) is 4.99. The van der Waals surface area contributed by atoms with E-state index in [0.29, 0.717) is 13.1 Å². The van der Waals surface area contributed by atoms with Gasteiger partial charge in [0.25, 0.3) is 0 Å². The molecule has 0 aliphatic heterocycles. The molecule has 0 spiro atoms. The van der Waals surface area contributed by atoms with Gasteiger partial charge in [-0.1, -0.05) is 12.1 Å². The molecule has 84 valence electrons. The molecule has 0 radical (unpaired) electrons. The highest BCUT2D eigenvalue weighted by atomic mass is 16.3. The predicted molar refractivity (Wildman–Crippen MR) is 64.0 cm³/mol. The number of benzene rings is 1. The van der Waals surface area contributed by atoms with E-state index in [0.717, 1.165) is 11.3 Å². The molecule has 1 aromatic rings. The fourth-order valence-corrected chi connectivity index (χ4v) is 1.70. The Morgan fingerprint density at radius 3 is 2.67 bits per heavy atom. The number of anilines is 1. The molecule has 0 saturated heterocycles.